The van der Waals surface area contributed by atoms with E-state index in [0.717, 1.165) is 24.0 Å². The van der Waals surface area contributed by atoms with Gasteiger partial charge in [0.15, 0.2) is 0 Å². The van der Waals surface area contributed by atoms with Crippen LogP contribution in [-0.2, 0) is 0 Å². The monoisotopic (exact) mass is 250 g/mol. The molecular formula is C15H26N2O. The summed E-state index contributed by atoms with van der Waals surface area (Å²) in [6.07, 6.45) is 2.67. The van der Waals surface area contributed by atoms with Gasteiger partial charge in [-0.25, -0.2) is 0 Å². The fraction of sp³-hybridized carbons (Fsp3) is 0.733. The van der Waals surface area contributed by atoms with Crippen LogP contribution in [0.1, 0.15) is 42.9 Å². The highest BCUT2D eigenvalue weighted by molar-refractivity contribution is 5.23. The molecule has 1 saturated heterocycles. The van der Waals surface area contributed by atoms with Crippen molar-refractivity contribution in [2.75, 3.05) is 26.7 Å². The van der Waals surface area contributed by atoms with E-state index in [1.807, 2.05) is 6.92 Å². The molecule has 1 aliphatic heterocycles. The van der Waals surface area contributed by atoms with Gasteiger partial charge in [0.05, 0.1) is 0 Å². The first-order valence-electron chi connectivity index (χ1n) is 7.06. The Morgan fingerprint density at radius 3 is 2.83 bits per heavy atom. The first-order chi connectivity index (χ1) is 8.58. The Balaban J connectivity index is 1.95. The summed E-state index contributed by atoms with van der Waals surface area (Å²) in [6, 6.07) is 2.61. The molecule has 1 fully saturated rings. The maximum absolute atomic E-state index is 5.64. The summed E-state index contributed by atoms with van der Waals surface area (Å²) in [5, 5.41) is 3.49. The van der Waals surface area contributed by atoms with E-state index in [0.29, 0.717) is 6.04 Å². The number of nitrogens with one attached hydrogen (secondary N) is 1. The molecule has 3 heteroatoms. The van der Waals surface area contributed by atoms with Crippen LogP contribution in [0.5, 0.6) is 0 Å². The summed E-state index contributed by atoms with van der Waals surface area (Å²) in [6.45, 7) is 9.88. The maximum atomic E-state index is 5.64. The Kier molecular flexibility index (Phi) is 4.46. The summed E-state index contributed by atoms with van der Waals surface area (Å²) in [7, 11) is 2.22. The maximum Gasteiger partial charge on any atom is 0.105 e. The molecular weight excluding hydrogens is 224 g/mol. The second-order valence-corrected chi connectivity index (χ2v) is 5.70. The molecule has 18 heavy (non-hydrogen) atoms. The zero-order valence-electron chi connectivity index (χ0n) is 12.1. The van der Waals surface area contributed by atoms with E-state index >= 15 is 0 Å². The molecule has 0 radical (unpaired) electrons. The number of furan rings is 1. The van der Waals surface area contributed by atoms with E-state index in [2.05, 4.69) is 37.2 Å². The van der Waals surface area contributed by atoms with Crippen molar-refractivity contribution in [3.63, 3.8) is 0 Å². The molecule has 0 saturated carbocycles. The Hall–Kier alpha value is -0.800. The van der Waals surface area contributed by atoms with Crippen molar-refractivity contribution in [2.24, 2.45) is 5.92 Å². The predicted molar refractivity (Wildman–Crippen MR) is 74.8 cm³/mol. The molecule has 1 aromatic rings. The van der Waals surface area contributed by atoms with E-state index in [9.17, 15) is 0 Å². The Morgan fingerprint density at radius 2 is 2.28 bits per heavy atom. The third kappa shape index (κ3) is 3.15. The molecule has 2 atom stereocenters. The van der Waals surface area contributed by atoms with Crippen molar-refractivity contribution < 1.29 is 4.42 Å². The Morgan fingerprint density at radius 1 is 1.50 bits per heavy atom. The van der Waals surface area contributed by atoms with E-state index in [4.69, 9.17) is 4.42 Å². The van der Waals surface area contributed by atoms with E-state index < -0.39 is 0 Å². The lowest BCUT2D eigenvalue weighted by Crippen LogP contribution is -2.37. The fourth-order valence-electron chi connectivity index (χ4n) is 2.95. The van der Waals surface area contributed by atoms with Gasteiger partial charge in [-0.3, -0.25) is 4.90 Å². The van der Waals surface area contributed by atoms with Gasteiger partial charge in [-0.15, -0.1) is 0 Å². The van der Waals surface area contributed by atoms with E-state index in [1.165, 1.54) is 31.5 Å². The Bertz CT molecular complexity index is 380. The van der Waals surface area contributed by atoms with Gasteiger partial charge in [0, 0.05) is 18.2 Å². The van der Waals surface area contributed by atoms with Gasteiger partial charge >= 0.3 is 0 Å². The molecule has 0 amide bonds. The highest BCUT2D eigenvalue weighted by Crippen LogP contribution is 2.26. The molecule has 2 unspecified atom stereocenters. The predicted octanol–water partition coefficient (Wildman–Crippen LogP) is 2.89. The highest BCUT2D eigenvalue weighted by Gasteiger charge is 2.21. The minimum Gasteiger partial charge on any atom is -0.466 e. The molecule has 2 rings (SSSR count). The summed E-state index contributed by atoms with van der Waals surface area (Å²) in [5.41, 5.74) is 1.33. The molecule has 0 spiro atoms. The third-order valence-electron chi connectivity index (χ3n) is 4.14. The normalized spacial score (nSPS) is 22.4. The average molecular weight is 250 g/mol. The summed E-state index contributed by atoms with van der Waals surface area (Å²) < 4.78 is 5.64. The largest absolute Gasteiger partial charge is 0.466 e. The van der Waals surface area contributed by atoms with Gasteiger partial charge < -0.3 is 9.73 Å². The van der Waals surface area contributed by atoms with Crippen LogP contribution in [0.2, 0.25) is 0 Å². The van der Waals surface area contributed by atoms with E-state index in [1.54, 1.807) is 0 Å². The molecule has 2 heterocycles. The molecule has 102 valence electrons. The van der Waals surface area contributed by atoms with Crippen molar-refractivity contribution in [1.29, 1.82) is 0 Å². The molecule has 0 bridgehead atoms. The second-order valence-electron chi connectivity index (χ2n) is 5.70. The first kappa shape index (κ1) is 13.6. The van der Waals surface area contributed by atoms with Crippen LogP contribution in [0.4, 0.5) is 0 Å². The third-order valence-corrected chi connectivity index (χ3v) is 4.14. The number of piperidine rings is 1. The van der Waals surface area contributed by atoms with Crippen molar-refractivity contribution in [3.8, 4) is 0 Å². The summed E-state index contributed by atoms with van der Waals surface area (Å²) >= 11 is 0. The van der Waals surface area contributed by atoms with E-state index in [-0.39, 0.29) is 0 Å². The first-order valence-corrected chi connectivity index (χ1v) is 7.06. The number of aryl methyl sites for hydroxylation is 2. The van der Waals surface area contributed by atoms with Gasteiger partial charge in [-0.2, -0.15) is 0 Å². The SMILES string of the molecule is Cc1cc(C(C)N(C)CC2CCCNC2)c(C)o1. The van der Waals surface area contributed by atoms with Crippen molar-refractivity contribution in [2.45, 2.75) is 39.7 Å². The lowest BCUT2D eigenvalue weighted by atomic mass is 9.98. The minimum atomic E-state index is 0.435. The number of hydrogen-bond donors (Lipinski definition) is 1. The number of rotatable bonds is 4. The standard InChI is InChI=1S/C15H26N2O/c1-11-8-15(13(3)18-11)12(2)17(4)10-14-6-5-7-16-9-14/h8,12,14,16H,5-7,9-10H2,1-4H3. The van der Waals surface area contributed by atoms with Crippen molar-refractivity contribution in [1.82, 2.24) is 10.2 Å². The van der Waals surface area contributed by atoms with Crippen LogP contribution in [0.3, 0.4) is 0 Å². The quantitative estimate of drug-likeness (QED) is 0.890. The van der Waals surface area contributed by atoms with Crippen LogP contribution >= 0.6 is 0 Å². The molecule has 0 aromatic carbocycles. The second kappa shape index (κ2) is 5.89. The summed E-state index contributed by atoms with van der Waals surface area (Å²) in [5.74, 6) is 2.87. The van der Waals surface area contributed by atoms with Crippen LogP contribution < -0.4 is 5.32 Å². The zero-order chi connectivity index (χ0) is 13.1. The van der Waals surface area contributed by atoms with Gasteiger partial charge in [0.25, 0.3) is 0 Å². The number of nitrogens with zero attached hydrogens (tertiary/aromatic N) is 1. The van der Waals surface area contributed by atoms with Gasteiger partial charge in [0.2, 0.25) is 0 Å². The van der Waals surface area contributed by atoms with Gasteiger partial charge in [-0.1, -0.05) is 0 Å². The molecule has 1 N–H and O–H groups in total. The van der Waals surface area contributed by atoms with Gasteiger partial charge in [-0.05, 0) is 65.7 Å². The van der Waals surface area contributed by atoms with Gasteiger partial charge in [0.1, 0.15) is 11.5 Å². The average Bonchev–Trinajstić information content (AvgIpc) is 2.68. The lowest BCUT2D eigenvalue weighted by Gasteiger charge is -2.31. The lowest BCUT2D eigenvalue weighted by molar-refractivity contribution is 0.198. The van der Waals surface area contributed by atoms with Crippen LogP contribution in [0, 0.1) is 19.8 Å². The highest BCUT2D eigenvalue weighted by atomic mass is 16.3. The molecule has 0 aliphatic carbocycles. The van der Waals surface area contributed by atoms with Crippen molar-refractivity contribution >= 4 is 0 Å². The molecule has 1 aromatic heterocycles. The molecule has 3 nitrogen and oxygen atoms in total. The van der Waals surface area contributed by atoms with Crippen LogP contribution in [0.15, 0.2) is 10.5 Å². The van der Waals surface area contributed by atoms with Crippen LogP contribution in [0.25, 0.3) is 0 Å². The summed E-state index contributed by atoms with van der Waals surface area (Å²) in [4.78, 5) is 2.45. The smallest absolute Gasteiger partial charge is 0.105 e. The topological polar surface area (TPSA) is 28.4 Å². The zero-order valence-corrected chi connectivity index (χ0v) is 12.1. The minimum absolute atomic E-state index is 0.435. The van der Waals surface area contributed by atoms with Crippen LogP contribution in [-0.4, -0.2) is 31.6 Å². The Labute approximate surface area is 111 Å². The number of hydrogen-bond acceptors (Lipinski definition) is 3. The molecule has 1 aliphatic rings. The van der Waals surface area contributed by atoms with Crippen molar-refractivity contribution in [3.05, 3.63) is 23.2 Å². The fourth-order valence-corrected chi connectivity index (χ4v) is 2.95.